The summed E-state index contributed by atoms with van der Waals surface area (Å²) in [6.45, 7) is 0.565. The lowest BCUT2D eigenvalue weighted by molar-refractivity contribution is -0.201. The lowest BCUT2D eigenvalue weighted by Crippen LogP contribution is -2.75. The van der Waals surface area contributed by atoms with Crippen LogP contribution in [0, 0.1) is 11.8 Å². The van der Waals surface area contributed by atoms with Crippen LogP contribution >= 0.6 is 0 Å². The predicted octanol–water partition coefficient (Wildman–Crippen LogP) is 2.09. The van der Waals surface area contributed by atoms with Crippen molar-refractivity contribution in [2.24, 2.45) is 11.8 Å². The summed E-state index contributed by atoms with van der Waals surface area (Å²) in [6.07, 6.45) is 1.70. The maximum Gasteiger partial charge on any atom is 0.411 e. The van der Waals surface area contributed by atoms with E-state index in [9.17, 15) is 22.4 Å². The van der Waals surface area contributed by atoms with Gasteiger partial charge in [-0.25, -0.2) is 4.39 Å². The van der Waals surface area contributed by atoms with Crippen LogP contribution in [0.2, 0.25) is 0 Å². The highest BCUT2D eigenvalue weighted by atomic mass is 19.4. The van der Waals surface area contributed by atoms with Gasteiger partial charge in [-0.3, -0.25) is 31.0 Å². The van der Waals surface area contributed by atoms with Crippen LogP contribution in [0.4, 0.5) is 17.6 Å². The van der Waals surface area contributed by atoms with Crippen LogP contribution in [0.1, 0.15) is 64.2 Å². The van der Waals surface area contributed by atoms with Crippen molar-refractivity contribution in [2.75, 3.05) is 26.2 Å². The third-order valence-corrected chi connectivity index (χ3v) is 7.66. The highest BCUT2D eigenvalue weighted by molar-refractivity contribution is 5.79. The number of nitrogens with one attached hydrogen (secondary N) is 5. The summed E-state index contributed by atoms with van der Waals surface area (Å²) in [5, 5.41) is 15.9. The third kappa shape index (κ3) is 8.50. The number of rotatable bonds is 8. The molecule has 8 nitrogen and oxygen atoms in total. The monoisotopic (exact) mass is 508 g/mol. The van der Waals surface area contributed by atoms with Gasteiger partial charge < -0.3 is 10.1 Å². The summed E-state index contributed by atoms with van der Waals surface area (Å²) in [7, 11) is 0. The van der Waals surface area contributed by atoms with Crippen molar-refractivity contribution >= 4 is 5.91 Å². The molecule has 4 unspecified atom stereocenters. The Balaban J connectivity index is 1.29. The number of hydrogen-bond acceptors (Lipinski definition) is 7. The SMILES string of the molecule is O=C(NC1CCN(C2NC(NCC3CCC(F)CC3)NC(OCC(F)(F)F)N2)C1)C1CCCCC1. The Bertz CT molecular complexity index is 673. The molecule has 5 N–H and O–H groups in total. The van der Waals surface area contributed by atoms with Crippen LogP contribution in [0.5, 0.6) is 0 Å². The summed E-state index contributed by atoms with van der Waals surface area (Å²) in [4.78, 5) is 14.7. The average Bonchev–Trinajstić information content (AvgIpc) is 3.31. The molecule has 2 saturated carbocycles. The van der Waals surface area contributed by atoms with Crippen molar-refractivity contribution in [3.8, 4) is 0 Å². The molecule has 0 spiro atoms. The highest BCUT2D eigenvalue weighted by Crippen LogP contribution is 2.26. The summed E-state index contributed by atoms with van der Waals surface area (Å²) < 4.78 is 56.8. The minimum Gasteiger partial charge on any atom is -0.352 e. The summed E-state index contributed by atoms with van der Waals surface area (Å²) in [6, 6.07) is 0.0137. The molecule has 4 rings (SSSR count). The molecule has 2 saturated heterocycles. The fourth-order valence-electron chi connectivity index (χ4n) is 5.63. The minimum atomic E-state index is -4.43. The molecule has 0 bridgehead atoms. The van der Waals surface area contributed by atoms with Crippen LogP contribution in [-0.2, 0) is 9.53 Å². The Labute approximate surface area is 204 Å². The van der Waals surface area contributed by atoms with E-state index in [0.717, 1.165) is 44.9 Å². The first-order valence-electron chi connectivity index (χ1n) is 13.1. The molecule has 0 aromatic carbocycles. The van der Waals surface area contributed by atoms with Gasteiger partial charge in [0.05, 0.1) is 0 Å². The zero-order valence-electron chi connectivity index (χ0n) is 20.2. The predicted molar refractivity (Wildman–Crippen MR) is 122 cm³/mol. The van der Waals surface area contributed by atoms with E-state index in [2.05, 4.69) is 31.5 Å². The number of halogens is 4. The molecule has 1 amide bonds. The minimum absolute atomic E-state index is 0.0137. The molecule has 2 heterocycles. The Morgan fingerprint density at radius 3 is 2.43 bits per heavy atom. The number of carbonyl (C=O) groups excluding carboxylic acids is 1. The topological polar surface area (TPSA) is 89.7 Å². The summed E-state index contributed by atoms with van der Waals surface area (Å²) >= 11 is 0. The van der Waals surface area contributed by atoms with E-state index >= 15 is 0 Å². The van der Waals surface area contributed by atoms with E-state index in [0.29, 0.717) is 38.4 Å². The number of likely N-dealkylation sites (tertiary alicyclic amines) is 1. The molecular formula is C23H40F4N6O2. The molecule has 4 aliphatic rings. The molecule has 35 heavy (non-hydrogen) atoms. The van der Waals surface area contributed by atoms with Crippen molar-refractivity contribution < 1.29 is 27.1 Å². The van der Waals surface area contributed by atoms with Crippen LogP contribution < -0.4 is 26.6 Å². The third-order valence-electron chi connectivity index (χ3n) is 7.66. The average molecular weight is 509 g/mol. The van der Waals surface area contributed by atoms with Gasteiger partial charge in [0.1, 0.15) is 25.4 Å². The zero-order valence-corrected chi connectivity index (χ0v) is 20.2. The normalized spacial score (nSPS) is 35.8. The van der Waals surface area contributed by atoms with Gasteiger partial charge in [-0.05, 0) is 50.9 Å². The number of amides is 1. The fourth-order valence-corrected chi connectivity index (χ4v) is 5.63. The maximum atomic E-state index is 13.4. The number of hydrogen-bond donors (Lipinski definition) is 5. The van der Waals surface area contributed by atoms with Crippen LogP contribution in [0.25, 0.3) is 0 Å². The molecule has 202 valence electrons. The molecule has 12 heteroatoms. The van der Waals surface area contributed by atoms with Gasteiger partial charge >= 0.3 is 6.18 Å². The molecule has 2 aliphatic carbocycles. The van der Waals surface area contributed by atoms with Gasteiger partial charge in [0.2, 0.25) is 5.91 Å². The number of ether oxygens (including phenoxy) is 1. The largest absolute Gasteiger partial charge is 0.411 e. The Kier molecular flexibility index (Phi) is 9.61. The summed E-state index contributed by atoms with van der Waals surface area (Å²) in [5.74, 6) is 0.547. The van der Waals surface area contributed by atoms with Crippen molar-refractivity contribution in [3.05, 3.63) is 0 Å². The molecule has 4 atom stereocenters. The fraction of sp³-hybridized carbons (Fsp3) is 0.957. The molecule has 4 fully saturated rings. The first-order valence-corrected chi connectivity index (χ1v) is 13.1. The van der Waals surface area contributed by atoms with Crippen molar-refractivity contribution in [2.45, 2.75) is 102 Å². The van der Waals surface area contributed by atoms with Gasteiger partial charge in [0.25, 0.3) is 0 Å². The van der Waals surface area contributed by atoms with Gasteiger partial charge in [-0.2, -0.15) is 13.2 Å². The molecular weight excluding hydrogens is 468 g/mol. The second-order valence-electron chi connectivity index (χ2n) is 10.5. The standard InChI is InChI=1S/C23H40F4N6O2/c24-17-8-6-15(7-9-17)12-28-20-30-21(32-22(31-20)35-14-23(25,26)27)33-11-10-18(13-33)29-19(34)16-4-2-1-3-5-16/h15-18,20-22,28,30-32H,1-14H2,(H,29,34). The first kappa shape index (κ1) is 27.0. The number of carbonyl (C=O) groups is 1. The van der Waals surface area contributed by atoms with Gasteiger partial charge in [-0.15, -0.1) is 0 Å². The lowest BCUT2D eigenvalue weighted by atomic mass is 9.88. The van der Waals surface area contributed by atoms with E-state index in [-0.39, 0.29) is 17.9 Å². The number of nitrogens with zero attached hydrogens (tertiary/aromatic N) is 1. The zero-order chi connectivity index (χ0) is 24.8. The highest BCUT2D eigenvalue weighted by Gasteiger charge is 2.38. The molecule has 0 radical (unpaired) electrons. The quantitative estimate of drug-likeness (QED) is 0.321. The van der Waals surface area contributed by atoms with Crippen molar-refractivity contribution in [3.63, 3.8) is 0 Å². The Morgan fingerprint density at radius 2 is 1.71 bits per heavy atom. The van der Waals surface area contributed by atoms with Crippen LogP contribution in [0.3, 0.4) is 0 Å². The van der Waals surface area contributed by atoms with E-state index in [1.807, 2.05) is 0 Å². The van der Waals surface area contributed by atoms with Crippen molar-refractivity contribution in [1.82, 2.24) is 31.5 Å². The van der Waals surface area contributed by atoms with Gasteiger partial charge in [0, 0.05) is 31.6 Å². The maximum absolute atomic E-state index is 13.4. The molecule has 2 aliphatic heterocycles. The van der Waals surface area contributed by atoms with E-state index < -0.39 is 37.9 Å². The van der Waals surface area contributed by atoms with E-state index in [1.165, 1.54) is 6.42 Å². The second-order valence-corrected chi connectivity index (χ2v) is 10.5. The summed E-state index contributed by atoms with van der Waals surface area (Å²) in [5.41, 5.74) is 0. The van der Waals surface area contributed by atoms with E-state index in [1.54, 1.807) is 0 Å². The van der Waals surface area contributed by atoms with E-state index in [4.69, 9.17) is 4.74 Å². The molecule has 0 aromatic heterocycles. The van der Waals surface area contributed by atoms with Gasteiger partial charge in [0.15, 0.2) is 6.35 Å². The molecule has 0 aromatic rings. The Morgan fingerprint density at radius 1 is 0.971 bits per heavy atom. The second kappa shape index (κ2) is 12.5. The first-order chi connectivity index (χ1) is 16.7. The Hall–Kier alpha value is -1.05. The van der Waals surface area contributed by atoms with Crippen molar-refractivity contribution in [1.29, 1.82) is 0 Å². The van der Waals surface area contributed by atoms with Crippen LogP contribution in [0.15, 0.2) is 0 Å². The smallest absolute Gasteiger partial charge is 0.352 e. The van der Waals surface area contributed by atoms with Crippen LogP contribution in [-0.4, -0.2) is 74.4 Å². The van der Waals surface area contributed by atoms with Gasteiger partial charge in [-0.1, -0.05) is 19.3 Å². The lowest BCUT2D eigenvalue weighted by Gasteiger charge is -2.42. The number of alkyl halides is 4.